The summed E-state index contributed by atoms with van der Waals surface area (Å²) in [6, 6.07) is 16.0. The Morgan fingerprint density at radius 3 is 2.46 bits per heavy atom. The fraction of sp³-hybridized carbons (Fsp3) is 0.429. The van der Waals surface area contributed by atoms with E-state index in [9.17, 15) is 5.11 Å². The molecule has 0 amide bonds. The molecule has 1 aliphatic heterocycles. The van der Waals surface area contributed by atoms with Gasteiger partial charge in [-0.2, -0.15) is 0 Å². The van der Waals surface area contributed by atoms with E-state index < -0.39 is 6.10 Å². The largest absolute Gasteiger partial charge is 0.497 e. The van der Waals surface area contributed by atoms with E-state index in [0.29, 0.717) is 12.3 Å². The van der Waals surface area contributed by atoms with Crippen LogP contribution in [0.25, 0.3) is 0 Å². The average molecular weight is 356 g/mol. The van der Waals surface area contributed by atoms with Gasteiger partial charge in [0.25, 0.3) is 0 Å². The second-order valence-corrected chi connectivity index (χ2v) is 6.72. The first-order valence-electron chi connectivity index (χ1n) is 9.13. The number of hydrogen-bond acceptors (Lipinski definition) is 5. The zero-order valence-corrected chi connectivity index (χ0v) is 15.6. The van der Waals surface area contributed by atoms with E-state index in [2.05, 4.69) is 41.0 Å². The number of para-hydroxylation sites is 1. The number of β-amino-alcohol motifs (C(OH)–C–C–N with tert-alkyl or cyclic N) is 1. The number of piperazine rings is 1. The van der Waals surface area contributed by atoms with Gasteiger partial charge in [-0.15, -0.1) is 0 Å². The number of nitrogens with zero attached hydrogens (tertiary/aromatic N) is 2. The van der Waals surface area contributed by atoms with Crippen LogP contribution in [0, 0.1) is 6.92 Å². The van der Waals surface area contributed by atoms with Gasteiger partial charge in [0.15, 0.2) is 0 Å². The van der Waals surface area contributed by atoms with E-state index in [1.807, 2.05) is 24.3 Å². The smallest absolute Gasteiger partial charge is 0.123 e. The highest BCUT2D eigenvalue weighted by Gasteiger charge is 2.20. The predicted octanol–water partition coefficient (Wildman–Crippen LogP) is 2.57. The maximum absolute atomic E-state index is 10.3. The summed E-state index contributed by atoms with van der Waals surface area (Å²) in [7, 11) is 1.63. The number of methoxy groups -OCH3 is 1. The molecular weight excluding hydrogens is 328 g/mol. The molecule has 0 bridgehead atoms. The van der Waals surface area contributed by atoms with Crippen LogP contribution in [0.15, 0.2) is 48.5 Å². The quantitative estimate of drug-likeness (QED) is 0.826. The van der Waals surface area contributed by atoms with E-state index in [1.54, 1.807) is 7.11 Å². The Hall–Kier alpha value is -2.24. The Balaban J connectivity index is 1.43. The molecule has 1 N–H and O–H groups in total. The summed E-state index contributed by atoms with van der Waals surface area (Å²) >= 11 is 0. The second kappa shape index (κ2) is 8.92. The van der Waals surface area contributed by atoms with Gasteiger partial charge in [-0.25, -0.2) is 0 Å². The van der Waals surface area contributed by atoms with E-state index in [0.717, 1.165) is 31.9 Å². The fourth-order valence-corrected chi connectivity index (χ4v) is 3.32. The number of anilines is 1. The molecule has 1 aliphatic rings. The molecule has 0 aromatic heterocycles. The minimum absolute atomic E-state index is 0.283. The van der Waals surface area contributed by atoms with Gasteiger partial charge in [-0.1, -0.05) is 24.3 Å². The molecule has 0 saturated carbocycles. The van der Waals surface area contributed by atoms with Crippen LogP contribution in [-0.2, 0) is 0 Å². The van der Waals surface area contributed by atoms with E-state index in [-0.39, 0.29) is 6.61 Å². The van der Waals surface area contributed by atoms with Crippen LogP contribution in [0.5, 0.6) is 11.5 Å². The van der Waals surface area contributed by atoms with Gasteiger partial charge in [0.1, 0.15) is 24.2 Å². The summed E-state index contributed by atoms with van der Waals surface area (Å²) < 4.78 is 10.9. The molecule has 0 unspecified atom stereocenters. The van der Waals surface area contributed by atoms with Crippen molar-refractivity contribution in [1.29, 1.82) is 0 Å². The van der Waals surface area contributed by atoms with Crippen molar-refractivity contribution in [2.75, 3.05) is 51.3 Å². The first kappa shape index (κ1) is 18.5. The van der Waals surface area contributed by atoms with Crippen LogP contribution in [-0.4, -0.2) is 62.6 Å². The van der Waals surface area contributed by atoms with Crippen LogP contribution >= 0.6 is 0 Å². The van der Waals surface area contributed by atoms with E-state index in [1.165, 1.54) is 11.3 Å². The molecule has 26 heavy (non-hydrogen) atoms. The Kier molecular flexibility index (Phi) is 6.36. The molecule has 1 saturated heterocycles. The van der Waals surface area contributed by atoms with Gasteiger partial charge in [-0.3, -0.25) is 4.90 Å². The molecule has 1 atom stereocenters. The highest BCUT2D eigenvalue weighted by Crippen LogP contribution is 2.21. The van der Waals surface area contributed by atoms with Crippen LogP contribution in [0.1, 0.15) is 5.56 Å². The topological polar surface area (TPSA) is 45.2 Å². The minimum Gasteiger partial charge on any atom is -0.497 e. The van der Waals surface area contributed by atoms with Crippen molar-refractivity contribution in [2.24, 2.45) is 0 Å². The lowest BCUT2D eigenvalue weighted by Crippen LogP contribution is -2.49. The molecule has 5 nitrogen and oxygen atoms in total. The lowest BCUT2D eigenvalue weighted by Gasteiger charge is -2.37. The molecule has 2 aromatic rings. The Bertz CT molecular complexity index is 699. The van der Waals surface area contributed by atoms with Gasteiger partial charge in [0.2, 0.25) is 0 Å². The number of aryl methyl sites for hydroxylation is 1. The van der Waals surface area contributed by atoms with Crippen LogP contribution in [0.3, 0.4) is 0 Å². The Labute approximate surface area is 155 Å². The third-order valence-electron chi connectivity index (χ3n) is 4.78. The normalized spacial score (nSPS) is 16.3. The number of hydrogen-bond donors (Lipinski definition) is 1. The van der Waals surface area contributed by atoms with E-state index >= 15 is 0 Å². The van der Waals surface area contributed by atoms with Crippen molar-refractivity contribution < 1.29 is 14.6 Å². The molecule has 5 heteroatoms. The number of ether oxygens (including phenoxy) is 2. The van der Waals surface area contributed by atoms with Crippen molar-refractivity contribution in [3.05, 3.63) is 54.1 Å². The zero-order chi connectivity index (χ0) is 18.4. The van der Waals surface area contributed by atoms with Gasteiger partial charge in [0, 0.05) is 44.5 Å². The Morgan fingerprint density at radius 2 is 1.73 bits per heavy atom. The van der Waals surface area contributed by atoms with Crippen molar-refractivity contribution in [2.45, 2.75) is 13.0 Å². The first-order valence-corrected chi connectivity index (χ1v) is 9.13. The van der Waals surface area contributed by atoms with Crippen LogP contribution in [0.2, 0.25) is 0 Å². The van der Waals surface area contributed by atoms with Crippen LogP contribution in [0.4, 0.5) is 5.69 Å². The summed E-state index contributed by atoms with van der Waals surface area (Å²) in [6.45, 7) is 6.93. The van der Waals surface area contributed by atoms with Gasteiger partial charge in [0.05, 0.1) is 7.11 Å². The maximum Gasteiger partial charge on any atom is 0.123 e. The van der Waals surface area contributed by atoms with Crippen molar-refractivity contribution in [3.63, 3.8) is 0 Å². The second-order valence-electron chi connectivity index (χ2n) is 6.72. The summed E-state index contributed by atoms with van der Waals surface area (Å²) in [5, 5.41) is 10.3. The number of aliphatic hydroxyl groups is 1. The minimum atomic E-state index is -0.508. The predicted molar refractivity (Wildman–Crippen MR) is 104 cm³/mol. The fourth-order valence-electron chi connectivity index (χ4n) is 3.32. The molecular formula is C21H28N2O3. The average Bonchev–Trinajstić information content (AvgIpc) is 2.68. The van der Waals surface area contributed by atoms with Crippen molar-refractivity contribution in [1.82, 2.24) is 4.90 Å². The van der Waals surface area contributed by atoms with Gasteiger partial charge >= 0.3 is 0 Å². The van der Waals surface area contributed by atoms with Crippen molar-refractivity contribution in [3.8, 4) is 11.5 Å². The van der Waals surface area contributed by atoms with Gasteiger partial charge < -0.3 is 19.5 Å². The number of rotatable bonds is 7. The summed E-state index contributed by atoms with van der Waals surface area (Å²) in [5.74, 6) is 1.47. The lowest BCUT2D eigenvalue weighted by atomic mass is 10.1. The maximum atomic E-state index is 10.3. The Morgan fingerprint density at radius 1 is 1.00 bits per heavy atom. The SMILES string of the molecule is COc1cccc(OC[C@@H](O)CN2CCN(c3ccccc3C)CC2)c1. The molecule has 2 aromatic carbocycles. The zero-order valence-electron chi connectivity index (χ0n) is 15.6. The molecule has 0 aliphatic carbocycles. The third-order valence-corrected chi connectivity index (χ3v) is 4.78. The third kappa shape index (κ3) is 4.90. The standard InChI is InChI=1S/C21H28N2O3/c1-17-6-3-4-9-21(17)23-12-10-22(11-13-23)15-18(24)16-26-20-8-5-7-19(14-20)25-2/h3-9,14,18,24H,10-13,15-16H2,1-2H3/t18-/m0/s1. The molecule has 3 rings (SSSR count). The van der Waals surface area contributed by atoms with Gasteiger partial charge in [-0.05, 0) is 30.7 Å². The monoisotopic (exact) mass is 356 g/mol. The highest BCUT2D eigenvalue weighted by atomic mass is 16.5. The molecule has 1 heterocycles. The summed E-state index contributed by atoms with van der Waals surface area (Å²) in [4.78, 5) is 4.72. The molecule has 0 radical (unpaired) electrons. The van der Waals surface area contributed by atoms with Crippen molar-refractivity contribution >= 4 is 5.69 Å². The summed E-state index contributed by atoms with van der Waals surface area (Å²) in [6.07, 6.45) is -0.508. The number of aliphatic hydroxyl groups excluding tert-OH is 1. The molecule has 1 fully saturated rings. The lowest BCUT2D eigenvalue weighted by molar-refractivity contribution is 0.0662. The summed E-state index contributed by atoms with van der Waals surface area (Å²) in [5.41, 5.74) is 2.63. The van der Waals surface area contributed by atoms with Crippen LogP contribution < -0.4 is 14.4 Å². The molecule has 140 valence electrons. The highest BCUT2D eigenvalue weighted by molar-refractivity contribution is 5.53. The first-order chi connectivity index (χ1) is 12.7. The number of benzene rings is 2. The molecule has 0 spiro atoms. The van der Waals surface area contributed by atoms with E-state index in [4.69, 9.17) is 9.47 Å².